The van der Waals surface area contributed by atoms with Crippen LogP contribution in [0.25, 0.3) is 22.3 Å². The fraction of sp³-hybridized carbons (Fsp3) is 0. The van der Waals surface area contributed by atoms with E-state index in [0.29, 0.717) is 11.1 Å². The van der Waals surface area contributed by atoms with Gasteiger partial charge in [0.1, 0.15) is 12.6 Å². The summed E-state index contributed by atoms with van der Waals surface area (Å²) in [4.78, 5) is 21.7. The molecule has 0 saturated heterocycles. The molecule has 106 valence electrons. The van der Waals surface area contributed by atoms with Gasteiger partial charge in [-0.3, -0.25) is 9.59 Å². The van der Waals surface area contributed by atoms with Gasteiger partial charge in [-0.1, -0.05) is 60.7 Å². The van der Waals surface area contributed by atoms with E-state index < -0.39 is 0 Å². The molecule has 0 saturated carbocycles. The fourth-order valence-corrected chi connectivity index (χ4v) is 2.44. The van der Waals surface area contributed by atoms with Crippen LogP contribution in [0.15, 0.2) is 72.8 Å². The molecule has 0 fully saturated rings. The lowest BCUT2D eigenvalue weighted by atomic mass is 9.98. The SMILES string of the molecule is O=Cc1cccc(-c2ccc(-c3cccc(C=O)c3)cc2)c1. The highest BCUT2D eigenvalue weighted by atomic mass is 16.1. The van der Waals surface area contributed by atoms with Gasteiger partial charge in [-0.25, -0.2) is 0 Å². The molecule has 3 rings (SSSR count). The van der Waals surface area contributed by atoms with Crippen molar-refractivity contribution in [3.05, 3.63) is 83.9 Å². The lowest BCUT2D eigenvalue weighted by Gasteiger charge is -2.06. The second-order valence-electron chi connectivity index (χ2n) is 5.06. The van der Waals surface area contributed by atoms with Crippen LogP contribution in [0, 0.1) is 0 Å². The molecule has 0 radical (unpaired) electrons. The van der Waals surface area contributed by atoms with E-state index in [-0.39, 0.29) is 0 Å². The van der Waals surface area contributed by atoms with Crippen LogP contribution in [-0.2, 0) is 0 Å². The van der Waals surface area contributed by atoms with Gasteiger partial charge in [0.15, 0.2) is 0 Å². The Hall–Kier alpha value is -3.00. The van der Waals surface area contributed by atoms with E-state index >= 15 is 0 Å². The van der Waals surface area contributed by atoms with Crippen LogP contribution in [0.3, 0.4) is 0 Å². The van der Waals surface area contributed by atoms with Gasteiger partial charge in [0.05, 0.1) is 0 Å². The number of benzene rings is 3. The maximum atomic E-state index is 10.9. The van der Waals surface area contributed by atoms with Crippen molar-refractivity contribution in [3.63, 3.8) is 0 Å². The minimum atomic E-state index is 0.667. The van der Waals surface area contributed by atoms with E-state index in [4.69, 9.17) is 0 Å². The molecule has 2 heteroatoms. The predicted molar refractivity (Wildman–Crippen MR) is 88.1 cm³/mol. The van der Waals surface area contributed by atoms with Crippen molar-refractivity contribution < 1.29 is 9.59 Å². The standard InChI is InChI=1S/C20H14O2/c21-13-15-3-1-5-19(11-15)17-7-9-18(10-8-17)20-6-2-4-16(12-20)14-22/h1-14H. The summed E-state index contributed by atoms with van der Waals surface area (Å²) in [6, 6.07) is 23.1. The Labute approximate surface area is 129 Å². The minimum absolute atomic E-state index is 0.667. The fourth-order valence-electron chi connectivity index (χ4n) is 2.44. The Kier molecular flexibility index (Phi) is 3.92. The van der Waals surface area contributed by atoms with E-state index in [9.17, 15) is 9.59 Å². The van der Waals surface area contributed by atoms with E-state index in [2.05, 4.69) is 0 Å². The average molecular weight is 286 g/mol. The van der Waals surface area contributed by atoms with Crippen molar-refractivity contribution in [2.45, 2.75) is 0 Å². The third kappa shape index (κ3) is 2.86. The molecule has 0 aliphatic heterocycles. The topological polar surface area (TPSA) is 34.1 Å². The number of hydrogen-bond acceptors (Lipinski definition) is 2. The highest BCUT2D eigenvalue weighted by Gasteiger charge is 2.02. The van der Waals surface area contributed by atoms with Crippen LogP contribution < -0.4 is 0 Å². The molecule has 0 aliphatic carbocycles. The zero-order valence-electron chi connectivity index (χ0n) is 11.9. The summed E-state index contributed by atoms with van der Waals surface area (Å²) in [5, 5.41) is 0. The van der Waals surface area contributed by atoms with E-state index in [0.717, 1.165) is 34.8 Å². The smallest absolute Gasteiger partial charge is 0.150 e. The Balaban J connectivity index is 1.95. The molecule has 22 heavy (non-hydrogen) atoms. The van der Waals surface area contributed by atoms with Gasteiger partial charge in [0.2, 0.25) is 0 Å². The van der Waals surface area contributed by atoms with Crippen LogP contribution >= 0.6 is 0 Å². The van der Waals surface area contributed by atoms with Gasteiger partial charge in [0.25, 0.3) is 0 Å². The first kappa shape index (κ1) is 14.0. The molecule has 0 bridgehead atoms. The van der Waals surface area contributed by atoms with Crippen molar-refractivity contribution in [2.24, 2.45) is 0 Å². The molecule has 3 aromatic carbocycles. The lowest BCUT2D eigenvalue weighted by molar-refractivity contribution is 0.111. The van der Waals surface area contributed by atoms with Gasteiger partial charge in [0, 0.05) is 11.1 Å². The van der Waals surface area contributed by atoms with Crippen LogP contribution in [-0.4, -0.2) is 12.6 Å². The maximum Gasteiger partial charge on any atom is 0.150 e. The van der Waals surface area contributed by atoms with E-state index in [1.165, 1.54) is 0 Å². The summed E-state index contributed by atoms with van der Waals surface area (Å²) >= 11 is 0. The number of hydrogen-bond donors (Lipinski definition) is 0. The molecule has 0 heterocycles. The maximum absolute atomic E-state index is 10.9. The highest BCUT2D eigenvalue weighted by molar-refractivity contribution is 5.81. The molecule has 0 aromatic heterocycles. The second-order valence-corrected chi connectivity index (χ2v) is 5.06. The zero-order valence-corrected chi connectivity index (χ0v) is 11.9. The van der Waals surface area contributed by atoms with Crippen molar-refractivity contribution in [3.8, 4) is 22.3 Å². The Morgan fingerprint density at radius 1 is 0.500 bits per heavy atom. The molecule has 0 amide bonds. The van der Waals surface area contributed by atoms with Gasteiger partial charge in [-0.15, -0.1) is 0 Å². The Bertz CT molecular complexity index is 747. The highest BCUT2D eigenvalue weighted by Crippen LogP contribution is 2.25. The van der Waals surface area contributed by atoms with Crippen LogP contribution in [0.4, 0.5) is 0 Å². The second kappa shape index (κ2) is 6.19. The molecular formula is C20H14O2. The third-order valence-corrected chi connectivity index (χ3v) is 3.60. The van der Waals surface area contributed by atoms with E-state index in [1.54, 1.807) is 12.1 Å². The van der Waals surface area contributed by atoms with Crippen LogP contribution in [0.1, 0.15) is 20.7 Å². The molecule has 3 aromatic rings. The summed E-state index contributed by atoms with van der Waals surface area (Å²) in [5.74, 6) is 0. The molecule has 0 spiro atoms. The summed E-state index contributed by atoms with van der Waals surface area (Å²) in [5.41, 5.74) is 5.47. The lowest BCUT2D eigenvalue weighted by Crippen LogP contribution is -1.84. The molecule has 0 aliphatic rings. The Morgan fingerprint density at radius 3 is 1.27 bits per heavy atom. The predicted octanol–water partition coefficient (Wildman–Crippen LogP) is 4.65. The number of aldehydes is 2. The van der Waals surface area contributed by atoms with Crippen molar-refractivity contribution >= 4 is 12.6 Å². The zero-order chi connectivity index (χ0) is 15.4. The summed E-state index contributed by atoms with van der Waals surface area (Å²) in [7, 11) is 0. The number of carbonyl (C=O) groups is 2. The molecule has 2 nitrogen and oxygen atoms in total. The number of rotatable bonds is 4. The van der Waals surface area contributed by atoms with E-state index in [1.807, 2.05) is 60.7 Å². The summed E-state index contributed by atoms with van der Waals surface area (Å²) in [6.45, 7) is 0. The quantitative estimate of drug-likeness (QED) is 0.654. The average Bonchev–Trinajstić information content (AvgIpc) is 2.62. The minimum Gasteiger partial charge on any atom is -0.298 e. The third-order valence-electron chi connectivity index (χ3n) is 3.60. The molecule has 0 atom stereocenters. The molecular weight excluding hydrogens is 272 g/mol. The number of carbonyl (C=O) groups excluding carboxylic acids is 2. The van der Waals surface area contributed by atoms with Crippen molar-refractivity contribution in [1.82, 2.24) is 0 Å². The molecule has 0 N–H and O–H groups in total. The van der Waals surface area contributed by atoms with Gasteiger partial charge < -0.3 is 0 Å². The first-order chi connectivity index (χ1) is 10.8. The largest absolute Gasteiger partial charge is 0.298 e. The normalized spacial score (nSPS) is 10.2. The first-order valence-electron chi connectivity index (χ1n) is 7.01. The van der Waals surface area contributed by atoms with Crippen molar-refractivity contribution in [2.75, 3.05) is 0 Å². The Morgan fingerprint density at radius 2 is 0.909 bits per heavy atom. The van der Waals surface area contributed by atoms with Crippen LogP contribution in [0.2, 0.25) is 0 Å². The van der Waals surface area contributed by atoms with Gasteiger partial charge >= 0.3 is 0 Å². The van der Waals surface area contributed by atoms with Crippen LogP contribution in [0.5, 0.6) is 0 Å². The van der Waals surface area contributed by atoms with Crippen molar-refractivity contribution in [1.29, 1.82) is 0 Å². The first-order valence-corrected chi connectivity index (χ1v) is 7.01. The van der Waals surface area contributed by atoms with Gasteiger partial charge in [-0.05, 0) is 34.4 Å². The monoisotopic (exact) mass is 286 g/mol. The summed E-state index contributed by atoms with van der Waals surface area (Å²) < 4.78 is 0. The summed E-state index contributed by atoms with van der Waals surface area (Å²) in [6.07, 6.45) is 1.70. The molecule has 0 unspecified atom stereocenters. The van der Waals surface area contributed by atoms with Gasteiger partial charge in [-0.2, -0.15) is 0 Å².